The zero-order valence-electron chi connectivity index (χ0n) is 27.1. The quantitative estimate of drug-likeness (QED) is 0.197. The second-order valence-electron chi connectivity index (χ2n) is 13.6. The largest absolute Gasteiger partial charge is 0.444 e. The lowest BCUT2D eigenvalue weighted by molar-refractivity contribution is -0.0317. The van der Waals surface area contributed by atoms with Crippen LogP contribution in [0.1, 0.15) is 86.0 Å². The van der Waals surface area contributed by atoms with E-state index in [2.05, 4.69) is 52.1 Å². The molecule has 0 aromatic heterocycles. The number of hydrogen-bond donors (Lipinski definition) is 4. The molecular formula is C34H54N6O3. The molecule has 1 heterocycles. The molecule has 9 heteroatoms. The van der Waals surface area contributed by atoms with Crippen LogP contribution >= 0.6 is 0 Å². The fraction of sp³-hybridized carbons (Fsp3) is 0.647. The number of carbonyl (C=O) groups excluding carboxylic acids is 2. The van der Waals surface area contributed by atoms with Crippen molar-refractivity contribution in [1.82, 2.24) is 25.8 Å². The van der Waals surface area contributed by atoms with Gasteiger partial charge in [-0.05, 0) is 81.8 Å². The topological polar surface area (TPSA) is 98.0 Å². The average Bonchev–Trinajstić information content (AvgIpc) is 3.23. The molecule has 4 N–H and O–H groups in total. The normalized spacial score (nSPS) is 22.3. The number of rotatable bonds is 9. The first-order valence-corrected chi connectivity index (χ1v) is 16.3. The minimum atomic E-state index is -0.507. The average molecular weight is 595 g/mol. The van der Waals surface area contributed by atoms with Crippen LogP contribution in [0.3, 0.4) is 0 Å². The molecule has 43 heavy (non-hydrogen) atoms. The molecule has 2 fully saturated rings. The smallest absolute Gasteiger partial charge is 0.410 e. The molecule has 3 amide bonds. The fourth-order valence-electron chi connectivity index (χ4n) is 6.39. The van der Waals surface area contributed by atoms with Crippen LogP contribution in [0, 0.1) is 5.92 Å². The van der Waals surface area contributed by atoms with Gasteiger partial charge in [-0.3, -0.25) is 10.2 Å². The third-order valence-electron chi connectivity index (χ3n) is 8.57. The Balaban J connectivity index is 1.42. The summed E-state index contributed by atoms with van der Waals surface area (Å²) in [5, 5.41) is 16.0. The minimum absolute atomic E-state index is 0.0345. The first kappa shape index (κ1) is 33.0. The van der Waals surface area contributed by atoms with Crippen molar-refractivity contribution < 1.29 is 14.3 Å². The van der Waals surface area contributed by atoms with Crippen molar-refractivity contribution in [2.24, 2.45) is 5.92 Å². The Labute approximate surface area is 258 Å². The molecule has 3 unspecified atom stereocenters. The summed E-state index contributed by atoms with van der Waals surface area (Å²) >= 11 is 0. The number of hydrogen-bond acceptors (Lipinski definition) is 6. The molecule has 1 saturated heterocycles. The third-order valence-corrected chi connectivity index (χ3v) is 8.57. The van der Waals surface area contributed by atoms with Gasteiger partial charge in [0, 0.05) is 31.4 Å². The zero-order chi connectivity index (χ0) is 31.0. The van der Waals surface area contributed by atoms with E-state index in [1.807, 2.05) is 51.1 Å². The van der Waals surface area contributed by atoms with Crippen molar-refractivity contribution in [3.8, 4) is 0 Å². The van der Waals surface area contributed by atoms with E-state index in [0.29, 0.717) is 24.5 Å². The van der Waals surface area contributed by atoms with Gasteiger partial charge < -0.3 is 25.6 Å². The van der Waals surface area contributed by atoms with Gasteiger partial charge in [0.2, 0.25) is 0 Å². The van der Waals surface area contributed by atoms with Crippen molar-refractivity contribution in [2.45, 2.75) is 116 Å². The summed E-state index contributed by atoms with van der Waals surface area (Å²) in [5.41, 5.74) is 0.269. The van der Waals surface area contributed by atoms with E-state index in [4.69, 9.17) is 4.74 Å². The summed E-state index contributed by atoms with van der Waals surface area (Å²) in [6, 6.07) is 14.7. The second kappa shape index (κ2) is 15.2. The van der Waals surface area contributed by atoms with Gasteiger partial charge in [-0.1, -0.05) is 69.9 Å². The van der Waals surface area contributed by atoms with E-state index < -0.39 is 5.60 Å². The molecule has 1 aliphatic carbocycles. The Hall–Kier alpha value is -2.88. The number of carbonyl (C=O) groups is 2. The maximum atomic E-state index is 13.4. The number of urea groups is 1. The summed E-state index contributed by atoms with van der Waals surface area (Å²) in [6.07, 6.45) is 8.52. The molecule has 4 rings (SSSR count). The number of anilines is 1. The number of benzene rings is 2. The number of amides is 3. The van der Waals surface area contributed by atoms with E-state index in [9.17, 15) is 9.59 Å². The van der Waals surface area contributed by atoms with Crippen molar-refractivity contribution in [3.05, 3.63) is 42.5 Å². The highest BCUT2D eigenvalue weighted by Crippen LogP contribution is 2.31. The predicted molar refractivity (Wildman–Crippen MR) is 175 cm³/mol. The monoisotopic (exact) mass is 594 g/mol. The van der Waals surface area contributed by atoms with Crippen LogP contribution in [0.5, 0.6) is 0 Å². The van der Waals surface area contributed by atoms with E-state index >= 15 is 0 Å². The summed E-state index contributed by atoms with van der Waals surface area (Å²) < 4.78 is 5.48. The van der Waals surface area contributed by atoms with Crippen LogP contribution < -0.4 is 21.3 Å². The lowest BCUT2D eigenvalue weighted by atomic mass is 9.92. The Morgan fingerprint density at radius 3 is 2.42 bits per heavy atom. The molecule has 2 aliphatic rings. The fourth-order valence-corrected chi connectivity index (χ4v) is 6.39. The zero-order valence-corrected chi connectivity index (χ0v) is 27.1. The van der Waals surface area contributed by atoms with Gasteiger partial charge in [-0.15, -0.1) is 0 Å². The van der Waals surface area contributed by atoms with Crippen LogP contribution in [0.15, 0.2) is 42.5 Å². The molecule has 2 aromatic rings. The van der Waals surface area contributed by atoms with Crippen LogP contribution in [0.2, 0.25) is 0 Å². The van der Waals surface area contributed by atoms with Crippen molar-refractivity contribution in [1.29, 1.82) is 0 Å². The van der Waals surface area contributed by atoms with E-state index in [-0.39, 0.29) is 24.6 Å². The van der Waals surface area contributed by atoms with Gasteiger partial charge >= 0.3 is 12.1 Å². The highest BCUT2D eigenvalue weighted by molar-refractivity contribution is 5.93. The standard InChI is InChI=1S/C34H54N6O3/c1-24(2)29-23-30(35-20-13-21-39(6)33(42)43-34(3,4)5)37-31(40(29)28-16-9-7-8-10-17-28)38-32(41)36-27-19-18-25-14-11-12-15-26(25)22-27/h11-12,14-15,18-19,22,24,28-31,35,37H,7-10,13,16-17,20-21,23H2,1-6H3,(H2,36,38,41). The highest BCUT2D eigenvalue weighted by Gasteiger charge is 2.41. The first-order chi connectivity index (χ1) is 20.5. The van der Waals surface area contributed by atoms with Crippen LogP contribution in [0.4, 0.5) is 15.3 Å². The molecule has 0 bridgehead atoms. The molecule has 3 atom stereocenters. The van der Waals surface area contributed by atoms with E-state index in [0.717, 1.165) is 48.7 Å². The molecule has 0 radical (unpaired) electrons. The number of nitrogens with zero attached hydrogens (tertiary/aromatic N) is 2. The molecule has 1 aliphatic heterocycles. The molecule has 9 nitrogen and oxygen atoms in total. The number of fused-ring (bicyclic) bond motifs is 1. The predicted octanol–water partition coefficient (Wildman–Crippen LogP) is 6.46. The molecular weight excluding hydrogens is 540 g/mol. The van der Waals surface area contributed by atoms with Crippen LogP contribution in [0.25, 0.3) is 10.8 Å². The first-order valence-electron chi connectivity index (χ1n) is 16.3. The van der Waals surface area contributed by atoms with Crippen molar-refractivity contribution in [2.75, 3.05) is 25.5 Å². The summed E-state index contributed by atoms with van der Waals surface area (Å²) in [4.78, 5) is 30.0. The van der Waals surface area contributed by atoms with Crippen molar-refractivity contribution in [3.63, 3.8) is 0 Å². The Kier molecular flexibility index (Phi) is 11.7. The highest BCUT2D eigenvalue weighted by atomic mass is 16.6. The Morgan fingerprint density at radius 2 is 1.74 bits per heavy atom. The lowest BCUT2D eigenvalue weighted by Gasteiger charge is -2.51. The van der Waals surface area contributed by atoms with Gasteiger partial charge in [-0.2, -0.15) is 0 Å². The summed E-state index contributed by atoms with van der Waals surface area (Å²) in [5.74, 6) is 0.431. The van der Waals surface area contributed by atoms with Gasteiger partial charge in [0.1, 0.15) is 11.9 Å². The molecule has 0 spiro atoms. The summed E-state index contributed by atoms with van der Waals surface area (Å²) in [6.45, 7) is 11.6. The SMILES string of the molecule is CC(C)C1CC(NCCCN(C)C(=O)OC(C)(C)C)NC(NC(=O)Nc2ccc3ccccc3c2)N1C1CCCCCC1. The van der Waals surface area contributed by atoms with E-state index in [1.165, 1.54) is 25.7 Å². The molecule has 1 saturated carbocycles. The Bertz CT molecular complexity index is 1190. The second-order valence-corrected chi connectivity index (χ2v) is 13.6. The lowest BCUT2D eigenvalue weighted by Crippen LogP contribution is -2.72. The summed E-state index contributed by atoms with van der Waals surface area (Å²) in [7, 11) is 1.78. The minimum Gasteiger partial charge on any atom is -0.444 e. The maximum absolute atomic E-state index is 13.4. The van der Waals surface area contributed by atoms with Gasteiger partial charge in [0.15, 0.2) is 0 Å². The molecule has 238 valence electrons. The van der Waals surface area contributed by atoms with Gasteiger partial charge in [-0.25, -0.2) is 9.59 Å². The van der Waals surface area contributed by atoms with Gasteiger partial charge in [0.05, 0.1) is 6.17 Å². The number of ether oxygens (including phenoxy) is 1. The number of nitrogens with one attached hydrogen (secondary N) is 4. The van der Waals surface area contributed by atoms with E-state index in [1.54, 1.807) is 11.9 Å². The third kappa shape index (κ3) is 9.81. The maximum Gasteiger partial charge on any atom is 0.410 e. The Morgan fingerprint density at radius 1 is 1.05 bits per heavy atom. The van der Waals surface area contributed by atoms with Crippen LogP contribution in [-0.2, 0) is 4.74 Å². The van der Waals surface area contributed by atoms with Crippen LogP contribution in [-0.4, -0.2) is 72.2 Å². The van der Waals surface area contributed by atoms with Crippen molar-refractivity contribution >= 4 is 28.6 Å². The molecule has 2 aromatic carbocycles. The van der Waals surface area contributed by atoms with Gasteiger partial charge in [0.25, 0.3) is 0 Å².